The average molecular weight is 402 g/mol. The zero-order chi connectivity index (χ0) is 21.1. The molecule has 0 bridgehead atoms. The second-order valence-electron chi connectivity index (χ2n) is 6.84. The summed E-state index contributed by atoms with van der Waals surface area (Å²) in [4.78, 5) is 14.2. The van der Waals surface area contributed by atoms with E-state index in [2.05, 4.69) is 34.7 Å². The van der Waals surface area contributed by atoms with E-state index in [0.717, 1.165) is 19.5 Å². The third-order valence-electron chi connectivity index (χ3n) is 4.55. The Hall–Kier alpha value is -2.77. The predicted octanol–water partition coefficient (Wildman–Crippen LogP) is 2.56. The van der Waals surface area contributed by atoms with Crippen LogP contribution in [0, 0.1) is 0 Å². The molecule has 0 saturated carbocycles. The number of amides is 2. The van der Waals surface area contributed by atoms with E-state index in [0.29, 0.717) is 23.6 Å². The fraction of sp³-hybridized carbons (Fsp3) is 0.409. The van der Waals surface area contributed by atoms with Gasteiger partial charge in [-0.3, -0.25) is 0 Å². The Morgan fingerprint density at radius 3 is 2.55 bits per heavy atom. The Morgan fingerprint density at radius 1 is 1.10 bits per heavy atom. The molecule has 0 fully saturated rings. The first kappa shape index (κ1) is 22.5. The van der Waals surface area contributed by atoms with Gasteiger partial charge < -0.3 is 30.1 Å². The van der Waals surface area contributed by atoms with Gasteiger partial charge in [0.2, 0.25) is 0 Å². The first-order chi connectivity index (χ1) is 14.0. The molecule has 7 nitrogen and oxygen atoms in total. The van der Waals surface area contributed by atoms with Gasteiger partial charge in [0, 0.05) is 25.2 Å². The first-order valence-electron chi connectivity index (χ1n) is 9.67. The van der Waals surface area contributed by atoms with Crippen molar-refractivity contribution >= 4 is 6.03 Å². The van der Waals surface area contributed by atoms with E-state index in [1.54, 1.807) is 25.3 Å². The molecule has 1 unspecified atom stereocenters. The number of hydrogen-bond acceptors (Lipinski definition) is 5. The molecule has 0 aromatic heterocycles. The fourth-order valence-electron chi connectivity index (χ4n) is 2.99. The van der Waals surface area contributed by atoms with Crippen LogP contribution in [-0.4, -0.2) is 56.9 Å². The van der Waals surface area contributed by atoms with E-state index in [1.807, 2.05) is 18.2 Å². The van der Waals surface area contributed by atoms with E-state index in [-0.39, 0.29) is 12.6 Å². The van der Waals surface area contributed by atoms with E-state index in [4.69, 9.17) is 9.47 Å². The summed E-state index contributed by atoms with van der Waals surface area (Å²) in [6.45, 7) is 2.38. The van der Waals surface area contributed by atoms with Gasteiger partial charge in [0.15, 0.2) is 0 Å². The van der Waals surface area contributed by atoms with Crippen LogP contribution in [0.15, 0.2) is 48.5 Å². The predicted molar refractivity (Wildman–Crippen MR) is 113 cm³/mol. The van der Waals surface area contributed by atoms with Gasteiger partial charge in [-0.1, -0.05) is 30.3 Å². The Morgan fingerprint density at radius 2 is 1.86 bits per heavy atom. The molecule has 0 aliphatic heterocycles. The highest BCUT2D eigenvalue weighted by Gasteiger charge is 2.15. The van der Waals surface area contributed by atoms with Gasteiger partial charge in [-0.25, -0.2) is 4.79 Å². The standard InChI is InChI=1S/C22H31N3O4/c1-25(16-17-8-5-4-6-9-17)13-7-12-23-22(27)24-15-20(26)19-14-18(28-2)10-11-21(19)29-3/h4-6,8-11,14,20,26H,7,12-13,15-16H2,1-3H3,(H2,23,24,27). The third-order valence-corrected chi connectivity index (χ3v) is 4.55. The summed E-state index contributed by atoms with van der Waals surface area (Å²) in [5, 5.41) is 15.9. The molecule has 2 aromatic carbocycles. The van der Waals surface area contributed by atoms with Crippen LogP contribution in [0.25, 0.3) is 0 Å². The summed E-state index contributed by atoms with van der Waals surface area (Å²) in [7, 11) is 5.15. The van der Waals surface area contributed by atoms with Crippen LogP contribution in [0.4, 0.5) is 4.79 Å². The van der Waals surface area contributed by atoms with Gasteiger partial charge in [-0.15, -0.1) is 0 Å². The van der Waals surface area contributed by atoms with Gasteiger partial charge in [-0.05, 0) is 43.8 Å². The number of aliphatic hydroxyl groups excluding tert-OH is 1. The maximum Gasteiger partial charge on any atom is 0.314 e. The molecular weight excluding hydrogens is 370 g/mol. The molecule has 29 heavy (non-hydrogen) atoms. The number of hydrogen-bond donors (Lipinski definition) is 3. The quantitative estimate of drug-likeness (QED) is 0.504. The molecule has 2 amide bonds. The number of nitrogens with zero attached hydrogens (tertiary/aromatic N) is 1. The van der Waals surface area contributed by atoms with E-state index in [1.165, 1.54) is 12.7 Å². The number of rotatable bonds is 11. The van der Waals surface area contributed by atoms with Crippen molar-refractivity contribution in [1.82, 2.24) is 15.5 Å². The summed E-state index contributed by atoms with van der Waals surface area (Å²) in [5.74, 6) is 1.16. The van der Waals surface area contributed by atoms with Crippen molar-refractivity contribution in [2.24, 2.45) is 0 Å². The molecule has 2 aromatic rings. The lowest BCUT2D eigenvalue weighted by atomic mass is 10.1. The van der Waals surface area contributed by atoms with Gasteiger partial charge in [0.1, 0.15) is 17.6 Å². The van der Waals surface area contributed by atoms with Gasteiger partial charge in [-0.2, -0.15) is 0 Å². The molecular formula is C22H31N3O4. The lowest BCUT2D eigenvalue weighted by molar-refractivity contribution is 0.169. The molecule has 158 valence electrons. The molecule has 2 rings (SSSR count). The lowest BCUT2D eigenvalue weighted by Crippen LogP contribution is -2.39. The topological polar surface area (TPSA) is 83.1 Å². The SMILES string of the molecule is COc1ccc(OC)c(C(O)CNC(=O)NCCCN(C)Cc2ccccc2)c1. The zero-order valence-corrected chi connectivity index (χ0v) is 17.4. The van der Waals surface area contributed by atoms with Crippen LogP contribution in [0.1, 0.15) is 23.7 Å². The van der Waals surface area contributed by atoms with Crippen molar-refractivity contribution in [1.29, 1.82) is 0 Å². The van der Waals surface area contributed by atoms with Crippen LogP contribution in [0.3, 0.4) is 0 Å². The van der Waals surface area contributed by atoms with Crippen LogP contribution in [0.5, 0.6) is 11.5 Å². The Labute approximate surface area is 172 Å². The van der Waals surface area contributed by atoms with Crippen LogP contribution in [-0.2, 0) is 6.54 Å². The molecule has 0 saturated heterocycles. The maximum absolute atomic E-state index is 12.0. The molecule has 0 aliphatic carbocycles. The monoisotopic (exact) mass is 401 g/mol. The third kappa shape index (κ3) is 7.63. The van der Waals surface area contributed by atoms with Crippen LogP contribution >= 0.6 is 0 Å². The first-order valence-corrected chi connectivity index (χ1v) is 9.67. The van der Waals surface area contributed by atoms with Crippen molar-refractivity contribution in [3.8, 4) is 11.5 Å². The number of urea groups is 1. The Bertz CT molecular complexity index is 755. The number of methoxy groups -OCH3 is 2. The molecule has 0 aliphatic rings. The molecule has 0 spiro atoms. The summed E-state index contributed by atoms with van der Waals surface area (Å²) >= 11 is 0. The van der Waals surface area contributed by atoms with Crippen molar-refractivity contribution in [3.63, 3.8) is 0 Å². The number of carbonyl (C=O) groups excluding carboxylic acids is 1. The zero-order valence-electron chi connectivity index (χ0n) is 17.4. The molecule has 1 atom stereocenters. The Balaban J connectivity index is 1.68. The number of benzene rings is 2. The van der Waals surface area contributed by atoms with Gasteiger partial charge >= 0.3 is 6.03 Å². The number of aliphatic hydroxyl groups is 1. The minimum atomic E-state index is -0.900. The average Bonchev–Trinajstić information content (AvgIpc) is 2.75. The largest absolute Gasteiger partial charge is 0.497 e. The summed E-state index contributed by atoms with van der Waals surface area (Å²) in [5.41, 5.74) is 1.83. The van der Waals surface area contributed by atoms with E-state index in [9.17, 15) is 9.90 Å². The number of ether oxygens (including phenoxy) is 2. The van der Waals surface area contributed by atoms with Crippen molar-refractivity contribution < 1.29 is 19.4 Å². The number of nitrogens with one attached hydrogen (secondary N) is 2. The van der Waals surface area contributed by atoms with Crippen molar-refractivity contribution in [3.05, 3.63) is 59.7 Å². The highest BCUT2D eigenvalue weighted by Crippen LogP contribution is 2.28. The molecule has 7 heteroatoms. The summed E-state index contributed by atoms with van der Waals surface area (Å²) < 4.78 is 10.5. The highest BCUT2D eigenvalue weighted by atomic mass is 16.5. The van der Waals surface area contributed by atoms with Gasteiger partial charge in [0.05, 0.1) is 14.2 Å². The number of carbonyl (C=O) groups is 1. The maximum atomic E-state index is 12.0. The van der Waals surface area contributed by atoms with Crippen LogP contribution in [0.2, 0.25) is 0 Å². The van der Waals surface area contributed by atoms with Gasteiger partial charge in [0.25, 0.3) is 0 Å². The van der Waals surface area contributed by atoms with E-state index >= 15 is 0 Å². The summed E-state index contributed by atoms with van der Waals surface area (Å²) in [6, 6.07) is 15.1. The molecule has 0 heterocycles. The molecule has 0 radical (unpaired) electrons. The second kappa shape index (κ2) is 11.9. The summed E-state index contributed by atoms with van der Waals surface area (Å²) in [6.07, 6.45) is -0.0639. The Kier molecular flexibility index (Phi) is 9.27. The highest BCUT2D eigenvalue weighted by molar-refractivity contribution is 5.73. The van der Waals surface area contributed by atoms with E-state index < -0.39 is 6.10 Å². The van der Waals surface area contributed by atoms with Crippen LogP contribution < -0.4 is 20.1 Å². The normalized spacial score (nSPS) is 11.8. The minimum Gasteiger partial charge on any atom is -0.497 e. The second-order valence-corrected chi connectivity index (χ2v) is 6.84. The van der Waals surface area contributed by atoms with Crippen molar-refractivity contribution in [2.75, 3.05) is 40.9 Å². The smallest absolute Gasteiger partial charge is 0.314 e. The minimum absolute atomic E-state index is 0.0727. The van der Waals surface area contributed by atoms with Crippen molar-refractivity contribution in [2.45, 2.75) is 19.1 Å². The fourth-order valence-corrected chi connectivity index (χ4v) is 2.99. The lowest BCUT2D eigenvalue weighted by Gasteiger charge is -2.18. The molecule has 3 N–H and O–H groups in total.